The Morgan fingerprint density at radius 3 is 2.56 bits per heavy atom. The topological polar surface area (TPSA) is 29.0 Å². The van der Waals surface area contributed by atoms with E-state index in [0.29, 0.717) is 11.2 Å². The standard InChI is InChI=1S/C14H22ClN3/c1-4-7-12-16-13(15)10(2)14(17-12)18(3)11-8-5-6-9-11/h11H,4-9H2,1-3H3. The molecule has 18 heavy (non-hydrogen) atoms. The van der Waals surface area contributed by atoms with Crippen molar-refractivity contribution in [3.8, 4) is 0 Å². The molecule has 1 aliphatic carbocycles. The molecule has 1 aromatic rings. The minimum absolute atomic E-state index is 0.605. The van der Waals surface area contributed by atoms with Crippen LogP contribution in [0.3, 0.4) is 0 Å². The van der Waals surface area contributed by atoms with E-state index in [1.807, 2.05) is 6.92 Å². The van der Waals surface area contributed by atoms with E-state index in [4.69, 9.17) is 16.6 Å². The van der Waals surface area contributed by atoms with Crippen LogP contribution < -0.4 is 4.90 Å². The number of aromatic nitrogens is 2. The van der Waals surface area contributed by atoms with Crippen molar-refractivity contribution in [3.63, 3.8) is 0 Å². The molecule has 0 N–H and O–H groups in total. The van der Waals surface area contributed by atoms with Crippen LogP contribution in [-0.2, 0) is 6.42 Å². The van der Waals surface area contributed by atoms with E-state index in [1.165, 1.54) is 25.7 Å². The Bertz CT molecular complexity index is 414. The van der Waals surface area contributed by atoms with Crippen molar-refractivity contribution in [1.29, 1.82) is 0 Å². The molecule has 1 aliphatic rings. The Balaban J connectivity index is 2.29. The van der Waals surface area contributed by atoms with Gasteiger partial charge in [-0.2, -0.15) is 0 Å². The van der Waals surface area contributed by atoms with E-state index in [2.05, 4.69) is 23.9 Å². The van der Waals surface area contributed by atoms with Gasteiger partial charge in [0.25, 0.3) is 0 Å². The monoisotopic (exact) mass is 267 g/mol. The fraction of sp³-hybridized carbons (Fsp3) is 0.714. The second kappa shape index (κ2) is 5.87. The number of aryl methyl sites for hydroxylation is 1. The molecule has 1 aromatic heterocycles. The molecule has 0 spiro atoms. The summed E-state index contributed by atoms with van der Waals surface area (Å²) in [5, 5.41) is 0.605. The summed E-state index contributed by atoms with van der Waals surface area (Å²) in [4.78, 5) is 11.4. The lowest BCUT2D eigenvalue weighted by molar-refractivity contribution is 0.640. The molecule has 0 radical (unpaired) electrons. The van der Waals surface area contributed by atoms with Gasteiger partial charge in [0, 0.05) is 25.1 Å². The highest BCUT2D eigenvalue weighted by atomic mass is 35.5. The van der Waals surface area contributed by atoms with E-state index in [-0.39, 0.29) is 0 Å². The van der Waals surface area contributed by atoms with Gasteiger partial charge in [-0.15, -0.1) is 0 Å². The van der Waals surface area contributed by atoms with Gasteiger partial charge in [-0.25, -0.2) is 9.97 Å². The third-order valence-electron chi connectivity index (χ3n) is 3.79. The maximum atomic E-state index is 6.23. The van der Waals surface area contributed by atoms with E-state index in [9.17, 15) is 0 Å². The van der Waals surface area contributed by atoms with E-state index in [0.717, 1.165) is 30.0 Å². The smallest absolute Gasteiger partial charge is 0.137 e. The molecule has 100 valence electrons. The van der Waals surface area contributed by atoms with Gasteiger partial charge in [-0.1, -0.05) is 31.4 Å². The van der Waals surface area contributed by atoms with Gasteiger partial charge < -0.3 is 4.90 Å². The Hall–Kier alpha value is -0.830. The van der Waals surface area contributed by atoms with Crippen molar-refractivity contribution in [2.75, 3.05) is 11.9 Å². The molecule has 2 rings (SSSR count). The van der Waals surface area contributed by atoms with Crippen LogP contribution in [0.2, 0.25) is 5.15 Å². The molecule has 4 heteroatoms. The number of nitrogens with zero attached hydrogens (tertiary/aromatic N) is 3. The van der Waals surface area contributed by atoms with Crippen LogP contribution in [0.5, 0.6) is 0 Å². The maximum absolute atomic E-state index is 6.23. The second-order valence-electron chi connectivity index (χ2n) is 5.18. The van der Waals surface area contributed by atoms with Crippen molar-refractivity contribution in [1.82, 2.24) is 9.97 Å². The zero-order chi connectivity index (χ0) is 13.1. The molecule has 0 atom stereocenters. The SMILES string of the molecule is CCCc1nc(Cl)c(C)c(N(C)C2CCCC2)n1. The predicted octanol–water partition coefficient (Wildman–Crippen LogP) is 3.77. The normalized spacial score (nSPS) is 16.2. The van der Waals surface area contributed by atoms with Crippen LogP contribution in [0.15, 0.2) is 0 Å². The third kappa shape index (κ3) is 2.77. The Morgan fingerprint density at radius 2 is 1.94 bits per heavy atom. The number of hydrogen-bond acceptors (Lipinski definition) is 3. The lowest BCUT2D eigenvalue weighted by atomic mass is 10.2. The first-order chi connectivity index (χ1) is 8.63. The molecule has 1 saturated carbocycles. The van der Waals surface area contributed by atoms with Crippen molar-refractivity contribution >= 4 is 17.4 Å². The first-order valence-electron chi connectivity index (χ1n) is 6.89. The average molecular weight is 268 g/mol. The fourth-order valence-corrected chi connectivity index (χ4v) is 2.85. The largest absolute Gasteiger partial charge is 0.356 e. The summed E-state index contributed by atoms with van der Waals surface area (Å²) in [6, 6.07) is 0.615. The molecule has 0 saturated heterocycles. The van der Waals surface area contributed by atoms with Gasteiger partial charge in [0.2, 0.25) is 0 Å². The van der Waals surface area contributed by atoms with E-state index < -0.39 is 0 Å². The molecule has 0 aromatic carbocycles. The number of hydrogen-bond donors (Lipinski definition) is 0. The molecule has 0 amide bonds. The summed E-state index contributed by atoms with van der Waals surface area (Å²) < 4.78 is 0. The van der Waals surface area contributed by atoms with Crippen LogP contribution in [0.4, 0.5) is 5.82 Å². The molecule has 0 unspecified atom stereocenters. The van der Waals surface area contributed by atoms with Gasteiger partial charge >= 0.3 is 0 Å². The van der Waals surface area contributed by atoms with Crippen molar-refractivity contribution in [2.45, 2.75) is 58.4 Å². The molecular formula is C14H22ClN3. The minimum Gasteiger partial charge on any atom is -0.356 e. The maximum Gasteiger partial charge on any atom is 0.137 e. The Morgan fingerprint density at radius 1 is 1.28 bits per heavy atom. The first kappa shape index (κ1) is 13.6. The fourth-order valence-electron chi connectivity index (χ4n) is 2.66. The summed E-state index contributed by atoms with van der Waals surface area (Å²) in [5.74, 6) is 1.89. The summed E-state index contributed by atoms with van der Waals surface area (Å²) in [5.41, 5.74) is 1.01. The molecule has 1 heterocycles. The summed E-state index contributed by atoms with van der Waals surface area (Å²) in [6.45, 7) is 4.15. The molecule has 0 bridgehead atoms. The van der Waals surface area contributed by atoms with Gasteiger partial charge in [0.15, 0.2) is 0 Å². The van der Waals surface area contributed by atoms with E-state index in [1.54, 1.807) is 0 Å². The summed E-state index contributed by atoms with van der Waals surface area (Å²) in [7, 11) is 2.14. The van der Waals surface area contributed by atoms with Crippen LogP contribution in [0, 0.1) is 6.92 Å². The van der Waals surface area contributed by atoms with Gasteiger partial charge in [0.05, 0.1) is 0 Å². The van der Waals surface area contributed by atoms with Gasteiger partial charge in [0.1, 0.15) is 16.8 Å². The average Bonchev–Trinajstić information content (AvgIpc) is 2.86. The van der Waals surface area contributed by atoms with Crippen LogP contribution >= 0.6 is 11.6 Å². The molecule has 3 nitrogen and oxygen atoms in total. The number of rotatable bonds is 4. The molecular weight excluding hydrogens is 246 g/mol. The number of anilines is 1. The number of halogens is 1. The van der Waals surface area contributed by atoms with E-state index >= 15 is 0 Å². The lowest BCUT2D eigenvalue weighted by Gasteiger charge is -2.27. The van der Waals surface area contributed by atoms with Crippen LogP contribution in [0.1, 0.15) is 50.4 Å². The third-order valence-corrected chi connectivity index (χ3v) is 4.16. The lowest BCUT2D eigenvalue weighted by Crippen LogP contribution is -2.30. The summed E-state index contributed by atoms with van der Waals surface area (Å²) >= 11 is 6.23. The van der Waals surface area contributed by atoms with Gasteiger partial charge in [-0.05, 0) is 26.2 Å². The van der Waals surface area contributed by atoms with Gasteiger partial charge in [-0.3, -0.25) is 0 Å². The second-order valence-corrected chi connectivity index (χ2v) is 5.54. The molecule has 0 aliphatic heterocycles. The highest BCUT2D eigenvalue weighted by Gasteiger charge is 2.23. The van der Waals surface area contributed by atoms with Crippen molar-refractivity contribution < 1.29 is 0 Å². The first-order valence-corrected chi connectivity index (χ1v) is 7.27. The van der Waals surface area contributed by atoms with Crippen molar-refractivity contribution in [2.24, 2.45) is 0 Å². The zero-order valence-electron chi connectivity index (χ0n) is 11.5. The van der Waals surface area contributed by atoms with Crippen LogP contribution in [0.25, 0.3) is 0 Å². The Kier molecular flexibility index (Phi) is 4.44. The Labute approximate surface area is 115 Å². The highest BCUT2D eigenvalue weighted by Crippen LogP contribution is 2.30. The van der Waals surface area contributed by atoms with Crippen LogP contribution in [-0.4, -0.2) is 23.1 Å². The minimum atomic E-state index is 0.605. The highest BCUT2D eigenvalue weighted by molar-refractivity contribution is 6.30. The quantitative estimate of drug-likeness (QED) is 0.778. The predicted molar refractivity (Wildman–Crippen MR) is 76.4 cm³/mol. The molecule has 1 fully saturated rings. The van der Waals surface area contributed by atoms with Crippen molar-refractivity contribution in [3.05, 3.63) is 16.5 Å². The zero-order valence-corrected chi connectivity index (χ0v) is 12.3. The summed E-state index contributed by atoms with van der Waals surface area (Å²) in [6.07, 6.45) is 7.13.